The summed E-state index contributed by atoms with van der Waals surface area (Å²) in [4.78, 5) is 17.0. The van der Waals surface area contributed by atoms with E-state index in [0.29, 0.717) is 36.1 Å². The second-order valence-electron chi connectivity index (χ2n) is 7.94. The van der Waals surface area contributed by atoms with Crippen LogP contribution in [0.25, 0.3) is 10.1 Å². The number of nitrogens with zero attached hydrogens (tertiary/aromatic N) is 1. The topological polar surface area (TPSA) is 48.4 Å². The van der Waals surface area contributed by atoms with Gasteiger partial charge in [-0.15, -0.1) is 0 Å². The predicted octanol–water partition coefficient (Wildman–Crippen LogP) is 3.98. The number of esters is 1. The van der Waals surface area contributed by atoms with Gasteiger partial charge in [0.25, 0.3) is 0 Å². The van der Waals surface area contributed by atoms with Crippen LogP contribution in [0.5, 0.6) is 5.75 Å². The molecule has 0 radical (unpaired) electrons. The Kier molecular flexibility index (Phi) is 7.82. The van der Waals surface area contributed by atoms with Crippen molar-refractivity contribution in [1.82, 2.24) is 4.98 Å². The summed E-state index contributed by atoms with van der Waals surface area (Å²) in [5, 5.41) is 1.08. The van der Waals surface area contributed by atoms with E-state index < -0.39 is 5.60 Å². The van der Waals surface area contributed by atoms with Crippen molar-refractivity contribution in [2.75, 3.05) is 6.61 Å². The van der Waals surface area contributed by atoms with Gasteiger partial charge in [-0.1, -0.05) is 0 Å². The summed E-state index contributed by atoms with van der Waals surface area (Å²) in [6.45, 7) is 11.9. The molecule has 3 rings (SSSR count). The third kappa shape index (κ3) is 6.11. The molecule has 0 amide bonds. The van der Waals surface area contributed by atoms with Gasteiger partial charge in [0, 0.05) is 0 Å². The molecule has 0 aliphatic carbocycles. The van der Waals surface area contributed by atoms with Crippen molar-refractivity contribution in [3.8, 4) is 15.9 Å². The van der Waals surface area contributed by atoms with Gasteiger partial charge in [0.05, 0.1) is 0 Å². The summed E-state index contributed by atoms with van der Waals surface area (Å²) in [5.74, 6) is 0.376. The molecule has 0 spiro atoms. The van der Waals surface area contributed by atoms with Gasteiger partial charge in [-0.2, -0.15) is 0 Å². The van der Waals surface area contributed by atoms with Gasteiger partial charge < -0.3 is 0 Å². The molecule has 0 saturated carbocycles. The summed E-state index contributed by atoms with van der Waals surface area (Å²) in [6, 6.07) is 14.9. The number of carbonyl (C=O) groups excluding carboxylic acids is 1. The Morgan fingerprint density at radius 2 is 1.81 bits per heavy atom. The minimum absolute atomic E-state index is 0.294. The van der Waals surface area contributed by atoms with Gasteiger partial charge in [0.2, 0.25) is 0 Å². The van der Waals surface area contributed by atoms with Gasteiger partial charge in [0.15, 0.2) is 0 Å². The molecular weight excluding hydrogens is 520 g/mol. The van der Waals surface area contributed by atoms with E-state index in [1.54, 1.807) is 20.8 Å². The SMILES string of the molecule is CCOC(=O)C(C)(C)Oc1ccc([Se]Cc2[se]c(-c3ccc(C)cc3)nc2C)cc1C. The van der Waals surface area contributed by atoms with Crippen molar-refractivity contribution in [2.45, 2.75) is 52.5 Å². The Morgan fingerprint density at radius 3 is 2.45 bits per heavy atom. The Labute approximate surface area is 197 Å². The number of ether oxygens (including phenoxy) is 2. The van der Waals surface area contributed by atoms with E-state index in [-0.39, 0.29) is 5.97 Å². The standard InChI is InChI=1S/C25H29NO3Se2/c1-7-28-24(27)25(5,6)29-21-13-12-20(14-17(21)3)30-15-22-18(4)26-23(31-22)19-10-8-16(2)9-11-19/h8-14H,7,15H2,1-6H3. The van der Waals surface area contributed by atoms with E-state index >= 15 is 0 Å². The number of benzene rings is 2. The molecule has 0 atom stereocenters. The summed E-state index contributed by atoms with van der Waals surface area (Å²) in [6.07, 6.45) is 0. The Hall–Kier alpha value is -1.84. The normalized spacial score (nSPS) is 11.4. The first-order valence-corrected chi connectivity index (χ1v) is 14.1. The molecule has 0 aliphatic rings. The first kappa shape index (κ1) is 23.8. The van der Waals surface area contributed by atoms with Crippen molar-refractivity contribution >= 4 is 39.9 Å². The molecule has 6 heteroatoms. The average molecular weight is 549 g/mol. The van der Waals surface area contributed by atoms with E-state index in [2.05, 4.69) is 50.2 Å². The van der Waals surface area contributed by atoms with Crippen molar-refractivity contribution in [1.29, 1.82) is 0 Å². The van der Waals surface area contributed by atoms with Crippen molar-refractivity contribution in [2.24, 2.45) is 0 Å². The van der Waals surface area contributed by atoms with Gasteiger partial charge >= 0.3 is 198 Å². The quantitative estimate of drug-likeness (QED) is 0.315. The van der Waals surface area contributed by atoms with E-state index in [9.17, 15) is 4.79 Å². The minimum atomic E-state index is -1.01. The first-order valence-electron chi connectivity index (χ1n) is 10.3. The van der Waals surface area contributed by atoms with Crippen LogP contribution in [-0.2, 0) is 14.9 Å². The van der Waals surface area contributed by atoms with Crippen molar-refractivity contribution < 1.29 is 14.3 Å². The van der Waals surface area contributed by atoms with Crippen LogP contribution in [0, 0.1) is 20.8 Å². The van der Waals surface area contributed by atoms with Gasteiger partial charge in [-0.3, -0.25) is 0 Å². The maximum absolute atomic E-state index is 12.1. The third-order valence-electron chi connectivity index (χ3n) is 4.84. The van der Waals surface area contributed by atoms with Gasteiger partial charge in [-0.25, -0.2) is 0 Å². The number of aryl methyl sites for hydroxylation is 3. The van der Waals surface area contributed by atoms with E-state index in [4.69, 9.17) is 14.5 Å². The zero-order valence-electron chi connectivity index (χ0n) is 18.9. The molecule has 164 valence electrons. The average Bonchev–Trinajstić information content (AvgIpc) is 3.09. The van der Waals surface area contributed by atoms with Crippen LogP contribution >= 0.6 is 0 Å². The van der Waals surface area contributed by atoms with Crippen LogP contribution in [0.2, 0.25) is 0 Å². The summed E-state index contributed by atoms with van der Waals surface area (Å²) >= 11 is 0.624. The molecule has 31 heavy (non-hydrogen) atoms. The molecule has 0 bridgehead atoms. The van der Waals surface area contributed by atoms with Crippen LogP contribution < -0.4 is 9.20 Å². The number of hydrogen-bond acceptors (Lipinski definition) is 4. The monoisotopic (exact) mass is 551 g/mol. The van der Waals surface area contributed by atoms with E-state index in [1.165, 1.54) is 30.3 Å². The van der Waals surface area contributed by atoms with Gasteiger partial charge in [0.1, 0.15) is 0 Å². The number of rotatable bonds is 8. The number of aromatic nitrogens is 1. The van der Waals surface area contributed by atoms with E-state index in [1.807, 2.05) is 13.0 Å². The molecule has 2 aromatic carbocycles. The fourth-order valence-corrected chi connectivity index (χ4v) is 8.15. The Morgan fingerprint density at radius 1 is 1.10 bits per heavy atom. The molecule has 0 N–H and O–H groups in total. The zero-order valence-corrected chi connectivity index (χ0v) is 22.4. The first-order chi connectivity index (χ1) is 14.7. The van der Waals surface area contributed by atoms with Crippen LogP contribution in [-0.4, -0.2) is 52.6 Å². The number of hydrogen-bond donors (Lipinski definition) is 0. The fraction of sp³-hybridized carbons (Fsp3) is 0.360. The van der Waals surface area contributed by atoms with Crippen molar-refractivity contribution in [3.05, 3.63) is 63.7 Å². The van der Waals surface area contributed by atoms with Crippen LogP contribution in [0.3, 0.4) is 0 Å². The van der Waals surface area contributed by atoms with Gasteiger partial charge in [-0.05, 0) is 0 Å². The second kappa shape index (κ2) is 10.2. The molecule has 4 nitrogen and oxygen atoms in total. The molecule has 1 heterocycles. The molecule has 3 aromatic rings. The van der Waals surface area contributed by atoms with E-state index in [0.717, 1.165) is 16.6 Å². The summed E-state index contributed by atoms with van der Waals surface area (Å²) in [7, 11) is 0. The Bertz CT molecular complexity index is 1060. The molecule has 0 aliphatic heterocycles. The third-order valence-corrected chi connectivity index (χ3v) is 10.4. The molecular formula is C25H29NO3Se2. The van der Waals surface area contributed by atoms with Crippen LogP contribution in [0.1, 0.15) is 42.0 Å². The second-order valence-corrected chi connectivity index (χ2v) is 12.4. The summed E-state index contributed by atoms with van der Waals surface area (Å²) < 4.78 is 15.1. The maximum atomic E-state index is 12.1. The molecule has 0 unspecified atom stereocenters. The van der Waals surface area contributed by atoms with Crippen LogP contribution in [0.4, 0.5) is 0 Å². The Balaban J connectivity index is 1.67. The summed E-state index contributed by atoms with van der Waals surface area (Å²) in [5.41, 5.74) is 3.73. The predicted molar refractivity (Wildman–Crippen MR) is 128 cm³/mol. The van der Waals surface area contributed by atoms with Crippen LogP contribution in [0.15, 0.2) is 42.5 Å². The number of carbonyl (C=O) groups is 1. The van der Waals surface area contributed by atoms with Crippen molar-refractivity contribution in [3.63, 3.8) is 0 Å². The molecule has 1 aromatic heterocycles. The fourth-order valence-electron chi connectivity index (χ4n) is 2.98. The zero-order chi connectivity index (χ0) is 22.6. The molecule has 0 fully saturated rings. The molecule has 0 saturated heterocycles.